The Morgan fingerprint density at radius 2 is 1.84 bits per heavy atom. The molecule has 0 N–H and O–H groups in total. The Balaban J connectivity index is 0.00000132. The fourth-order valence-electron chi connectivity index (χ4n) is 4.29. The Kier molecular flexibility index (Phi) is 8.90. The van der Waals surface area contributed by atoms with Crippen LogP contribution in [0.5, 0.6) is 5.75 Å². The molecule has 31 heavy (non-hydrogen) atoms. The molecule has 0 saturated carbocycles. The molecule has 0 aliphatic carbocycles. The number of fused-ring (bicyclic) bond motifs is 1. The zero-order valence-electron chi connectivity index (χ0n) is 19.1. The second-order valence-electron chi connectivity index (χ2n) is 8.00. The van der Waals surface area contributed by atoms with Gasteiger partial charge in [-0.25, -0.2) is 0 Å². The summed E-state index contributed by atoms with van der Waals surface area (Å²) in [5, 5.41) is 9.05. The minimum atomic E-state index is 0.326. The van der Waals surface area contributed by atoms with Crippen molar-refractivity contribution in [3.63, 3.8) is 0 Å². The molecule has 2 heterocycles. The van der Waals surface area contributed by atoms with Gasteiger partial charge in [-0.1, -0.05) is 32.0 Å². The molecule has 5 heteroatoms. The smallest absolute Gasteiger partial charge is 0.119 e. The maximum absolute atomic E-state index is 9.05. The molecule has 2 aliphatic heterocycles. The van der Waals surface area contributed by atoms with Crippen LogP contribution < -0.4 is 4.74 Å². The Morgan fingerprint density at radius 3 is 2.55 bits per heavy atom. The van der Waals surface area contributed by atoms with Gasteiger partial charge >= 0.3 is 0 Å². The predicted molar refractivity (Wildman–Crippen MR) is 124 cm³/mol. The lowest BCUT2D eigenvalue weighted by Gasteiger charge is -2.33. The summed E-state index contributed by atoms with van der Waals surface area (Å²) in [5.74, 6) is 1.28. The van der Waals surface area contributed by atoms with Gasteiger partial charge in [-0.2, -0.15) is 5.26 Å². The van der Waals surface area contributed by atoms with Gasteiger partial charge in [-0.15, -0.1) is 0 Å². The normalized spacial score (nSPS) is 19.0. The van der Waals surface area contributed by atoms with E-state index in [1.54, 1.807) is 0 Å². The summed E-state index contributed by atoms with van der Waals surface area (Å²) in [6.45, 7) is 11.5. The molecule has 0 amide bonds. The van der Waals surface area contributed by atoms with Crippen LogP contribution in [0.15, 0.2) is 42.5 Å². The molecule has 2 aliphatic rings. The number of morpholine rings is 1. The van der Waals surface area contributed by atoms with Gasteiger partial charge in [-0.05, 0) is 54.4 Å². The van der Waals surface area contributed by atoms with Gasteiger partial charge < -0.3 is 14.4 Å². The summed E-state index contributed by atoms with van der Waals surface area (Å²) in [7, 11) is 2.16. The quantitative estimate of drug-likeness (QED) is 0.652. The van der Waals surface area contributed by atoms with Crippen molar-refractivity contribution in [1.29, 1.82) is 5.26 Å². The largest absolute Gasteiger partial charge is 0.494 e. The summed E-state index contributed by atoms with van der Waals surface area (Å²) < 4.78 is 11.5. The molecule has 4 rings (SSSR count). The van der Waals surface area contributed by atoms with Crippen molar-refractivity contribution in [1.82, 2.24) is 9.80 Å². The van der Waals surface area contributed by atoms with Gasteiger partial charge in [0.15, 0.2) is 0 Å². The van der Waals surface area contributed by atoms with E-state index in [0.29, 0.717) is 11.5 Å². The zero-order chi connectivity index (χ0) is 22.1. The highest BCUT2D eigenvalue weighted by molar-refractivity contribution is 5.45. The highest BCUT2D eigenvalue weighted by Gasteiger charge is 2.25. The van der Waals surface area contributed by atoms with Crippen LogP contribution in [-0.2, 0) is 11.3 Å². The number of rotatable bonds is 6. The number of likely N-dealkylation sites (N-methyl/N-ethyl adjacent to an activating group) is 1. The molecule has 1 saturated heterocycles. The predicted octanol–water partition coefficient (Wildman–Crippen LogP) is 4.26. The fourth-order valence-corrected chi connectivity index (χ4v) is 4.29. The molecule has 0 aromatic heterocycles. The standard InChI is InChI=1S/C24H29N3O2.C2H6/c1-26-17-21-15-22(29-12-2-9-27-10-13-28-14-11-27)7-8-23(21)24(18-26)20-5-3-19(16-25)4-6-20;1-2/h3-8,15,24H,2,9-14,17-18H2,1H3;1-2H3. The van der Waals surface area contributed by atoms with Crippen molar-refractivity contribution < 1.29 is 9.47 Å². The summed E-state index contributed by atoms with van der Waals surface area (Å²) in [6, 6.07) is 16.7. The van der Waals surface area contributed by atoms with E-state index < -0.39 is 0 Å². The van der Waals surface area contributed by atoms with E-state index in [2.05, 4.69) is 53.2 Å². The monoisotopic (exact) mass is 421 g/mol. The average molecular weight is 422 g/mol. The first-order valence-corrected chi connectivity index (χ1v) is 11.5. The molecule has 1 unspecified atom stereocenters. The first-order chi connectivity index (χ1) is 15.2. The molecule has 1 fully saturated rings. The van der Waals surface area contributed by atoms with Crippen molar-refractivity contribution in [2.24, 2.45) is 0 Å². The summed E-state index contributed by atoms with van der Waals surface area (Å²) in [4.78, 5) is 4.80. The van der Waals surface area contributed by atoms with Crippen LogP contribution in [0.4, 0.5) is 0 Å². The van der Waals surface area contributed by atoms with Crippen LogP contribution in [0.1, 0.15) is 48.4 Å². The summed E-state index contributed by atoms with van der Waals surface area (Å²) in [6.07, 6.45) is 1.03. The van der Waals surface area contributed by atoms with Crippen LogP contribution in [0.2, 0.25) is 0 Å². The topological polar surface area (TPSA) is 48.7 Å². The van der Waals surface area contributed by atoms with Crippen molar-refractivity contribution in [3.05, 3.63) is 64.7 Å². The first-order valence-electron chi connectivity index (χ1n) is 11.5. The fraction of sp³-hybridized carbons (Fsp3) is 0.500. The van der Waals surface area contributed by atoms with E-state index in [0.717, 1.165) is 64.7 Å². The lowest BCUT2D eigenvalue weighted by atomic mass is 9.84. The van der Waals surface area contributed by atoms with E-state index in [-0.39, 0.29) is 0 Å². The highest BCUT2D eigenvalue weighted by atomic mass is 16.5. The van der Waals surface area contributed by atoms with Crippen LogP contribution in [-0.4, -0.2) is 62.8 Å². The van der Waals surface area contributed by atoms with Gasteiger partial charge in [0.1, 0.15) is 5.75 Å². The van der Waals surface area contributed by atoms with Crippen LogP contribution in [0.25, 0.3) is 0 Å². The van der Waals surface area contributed by atoms with Gasteiger partial charge in [0, 0.05) is 38.6 Å². The molecule has 0 bridgehead atoms. The van der Waals surface area contributed by atoms with Crippen LogP contribution >= 0.6 is 0 Å². The molecular weight excluding hydrogens is 386 g/mol. The molecule has 2 aromatic carbocycles. The van der Waals surface area contributed by atoms with E-state index in [1.807, 2.05) is 26.0 Å². The Bertz CT molecular complexity index is 854. The second kappa shape index (κ2) is 11.9. The number of nitrogens with zero attached hydrogens (tertiary/aromatic N) is 3. The molecule has 166 valence electrons. The molecule has 0 radical (unpaired) electrons. The molecule has 0 spiro atoms. The number of hydrogen-bond acceptors (Lipinski definition) is 5. The molecule has 2 aromatic rings. The first kappa shape index (κ1) is 23.3. The minimum Gasteiger partial charge on any atom is -0.494 e. The molecule has 5 nitrogen and oxygen atoms in total. The number of hydrogen-bond donors (Lipinski definition) is 0. The van der Waals surface area contributed by atoms with Crippen molar-refractivity contribution in [2.75, 3.05) is 53.0 Å². The summed E-state index contributed by atoms with van der Waals surface area (Å²) in [5.41, 5.74) is 4.67. The van der Waals surface area contributed by atoms with E-state index in [1.165, 1.54) is 16.7 Å². The van der Waals surface area contributed by atoms with Crippen LogP contribution in [0, 0.1) is 11.3 Å². The molecular formula is C26H35N3O2. The van der Waals surface area contributed by atoms with Gasteiger partial charge in [0.2, 0.25) is 0 Å². The Hall–Kier alpha value is -2.39. The SMILES string of the molecule is CC.CN1Cc2cc(OCCCN3CCOCC3)ccc2C(c2ccc(C#N)cc2)C1. The van der Waals surface area contributed by atoms with Crippen molar-refractivity contribution in [2.45, 2.75) is 32.7 Å². The van der Waals surface area contributed by atoms with Crippen molar-refractivity contribution >= 4 is 0 Å². The third-order valence-corrected chi connectivity index (χ3v) is 5.86. The van der Waals surface area contributed by atoms with Crippen LogP contribution in [0.3, 0.4) is 0 Å². The van der Waals surface area contributed by atoms with Gasteiger partial charge in [0.05, 0.1) is 31.5 Å². The zero-order valence-corrected chi connectivity index (χ0v) is 19.1. The van der Waals surface area contributed by atoms with Gasteiger partial charge in [0.25, 0.3) is 0 Å². The van der Waals surface area contributed by atoms with Gasteiger partial charge in [-0.3, -0.25) is 4.90 Å². The Morgan fingerprint density at radius 1 is 1.10 bits per heavy atom. The maximum Gasteiger partial charge on any atom is 0.119 e. The van der Waals surface area contributed by atoms with E-state index in [9.17, 15) is 0 Å². The third kappa shape index (κ3) is 6.30. The number of nitriles is 1. The van der Waals surface area contributed by atoms with E-state index >= 15 is 0 Å². The Labute approximate surface area is 187 Å². The second-order valence-corrected chi connectivity index (χ2v) is 8.00. The lowest BCUT2D eigenvalue weighted by molar-refractivity contribution is 0.0358. The average Bonchev–Trinajstić information content (AvgIpc) is 2.83. The maximum atomic E-state index is 9.05. The van der Waals surface area contributed by atoms with Crippen molar-refractivity contribution in [3.8, 4) is 11.8 Å². The number of benzene rings is 2. The highest BCUT2D eigenvalue weighted by Crippen LogP contribution is 2.35. The summed E-state index contributed by atoms with van der Waals surface area (Å²) >= 11 is 0. The number of ether oxygens (including phenoxy) is 2. The van der Waals surface area contributed by atoms with E-state index in [4.69, 9.17) is 14.7 Å². The lowest BCUT2D eigenvalue weighted by Crippen LogP contribution is -2.37. The molecule has 1 atom stereocenters. The third-order valence-electron chi connectivity index (χ3n) is 5.86. The minimum absolute atomic E-state index is 0.326.